The van der Waals surface area contributed by atoms with Gasteiger partial charge in [-0.1, -0.05) is 30.3 Å². The Morgan fingerprint density at radius 1 is 0.636 bits per heavy atom. The van der Waals surface area contributed by atoms with Crippen LogP contribution in [0.15, 0.2) is 78.9 Å². The van der Waals surface area contributed by atoms with E-state index in [0.29, 0.717) is 6.61 Å². The monoisotopic (exact) mass is 291 g/mol. The molecule has 3 heteroatoms. The third-order valence-corrected chi connectivity index (χ3v) is 3.19. The molecule has 22 heavy (non-hydrogen) atoms. The second kappa shape index (κ2) is 6.68. The van der Waals surface area contributed by atoms with Crippen LogP contribution in [-0.2, 0) is 6.61 Å². The van der Waals surface area contributed by atoms with Crippen LogP contribution < -0.4 is 15.2 Å². The Morgan fingerprint density at radius 3 is 1.91 bits per heavy atom. The Labute approximate surface area is 129 Å². The van der Waals surface area contributed by atoms with Gasteiger partial charge < -0.3 is 15.2 Å². The Kier molecular flexibility index (Phi) is 4.25. The number of hydrogen-bond acceptors (Lipinski definition) is 3. The molecule has 0 aliphatic rings. The van der Waals surface area contributed by atoms with Crippen molar-refractivity contribution in [3.05, 3.63) is 84.4 Å². The normalized spacial score (nSPS) is 10.2. The summed E-state index contributed by atoms with van der Waals surface area (Å²) in [6.07, 6.45) is 0. The standard InChI is InChI=1S/C19H17NO2/c20-16-8-6-15(7-9-16)14-21-17-10-12-19(13-11-17)22-18-4-2-1-3-5-18/h1-13H,14,20H2. The summed E-state index contributed by atoms with van der Waals surface area (Å²) >= 11 is 0. The van der Waals surface area contributed by atoms with Crippen molar-refractivity contribution in [3.63, 3.8) is 0 Å². The summed E-state index contributed by atoms with van der Waals surface area (Å²) in [5, 5.41) is 0. The molecule has 0 heterocycles. The lowest BCUT2D eigenvalue weighted by Gasteiger charge is -2.08. The van der Waals surface area contributed by atoms with Gasteiger partial charge in [-0.2, -0.15) is 0 Å². The van der Waals surface area contributed by atoms with Crippen molar-refractivity contribution in [2.45, 2.75) is 6.61 Å². The van der Waals surface area contributed by atoms with E-state index in [1.165, 1.54) is 0 Å². The van der Waals surface area contributed by atoms with E-state index in [9.17, 15) is 0 Å². The van der Waals surface area contributed by atoms with Crippen LogP contribution in [0.3, 0.4) is 0 Å². The van der Waals surface area contributed by atoms with Crippen LogP contribution in [-0.4, -0.2) is 0 Å². The van der Waals surface area contributed by atoms with Gasteiger partial charge in [-0.25, -0.2) is 0 Å². The number of hydrogen-bond donors (Lipinski definition) is 1. The largest absolute Gasteiger partial charge is 0.489 e. The molecule has 0 unspecified atom stereocenters. The molecule has 0 saturated carbocycles. The molecule has 3 aromatic carbocycles. The van der Waals surface area contributed by atoms with Crippen molar-refractivity contribution in [2.24, 2.45) is 0 Å². The molecule has 3 rings (SSSR count). The molecule has 0 radical (unpaired) electrons. The summed E-state index contributed by atoms with van der Waals surface area (Å²) in [6.45, 7) is 0.513. The van der Waals surface area contributed by atoms with E-state index >= 15 is 0 Å². The highest BCUT2D eigenvalue weighted by atomic mass is 16.5. The molecule has 3 aromatic rings. The fourth-order valence-corrected chi connectivity index (χ4v) is 2.01. The van der Waals surface area contributed by atoms with E-state index in [1.54, 1.807) is 0 Å². The predicted molar refractivity (Wildman–Crippen MR) is 88.1 cm³/mol. The highest BCUT2D eigenvalue weighted by Gasteiger charge is 1.99. The van der Waals surface area contributed by atoms with Crippen LogP contribution in [0, 0.1) is 0 Å². The van der Waals surface area contributed by atoms with Gasteiger partial charge in [0.05, 0.1) is 0 Å². The fourth-order valence-electron chi connectivity index (χ4n) is 2.01. The zero-order chi connectivity index (χ0) is 15.2. The maximum Gasteiger partial charge on any atom is 0.127 e. The SMILES string of the molecule is Nc1ccc(COc2ccc(Oc3ccccc3)cc2)cc1. The maximum atomic E-state index is 5.74. The number of rotatable bonds is 5. The molecule has 0 aromatic heterocycles. The number of nitrogen functional groups attached to an aromatic ring is 1. The van der Waals surface area contributed by atoms with Crippen LogP contribution in [0.4, 0.5) is 5.69 Å². The molecule has 110 valence electrons. The predicted octanol–water partition coefficient (Wildman–Crippen LogP) is 4.64. The van der Waals surface area contributed by atoms with Gasteiger partial charge in [0.15, 0.2) is 0 Å². The minimum absolute atomic E-state index is 0.513. The number of anilines is 1. The molecule has 3 nitrogen and oxygen atoms in total. The van der Waals surface area contributed by atoms with Gasteiger partial charge in [0, 0.05) is 5.69 Å². The molecule has 0 bridgehead atoms. The summed E-state index contributed by atoms with van der Waals surface area (Å²) in [5.41, 5.74) is 7.50. The Bertz CT molecular complexity index is 707. The number of ether oxygens (including phenoxy) is 2. The van der Waals surface area contributed by atoms with E-state index in [0.717, 1.165) is 28.5 Å². The quantitative estimate of drug-likeness (QED) is 0.696. The van der Waals surface area contributed by atoms with Crippen LogP contribution >= 0.6 is 0 Å². The van der Waals surface area contributed by atoms with Gasteiger partial charge in [0.1, 0.15) is 23.9 Å². The van der Waals surface area contributed by atoms with Gasteiger partial charge in [-0.05, 0) is 54.1 Å². The van der Waals surface area contributed by atoms with Crippen LogP contribution in [0.2, 0.25) is 0 Å². The van der Waals surface area contributed by atoms with E-state index in [1.807, 2.05) is 78.9 Å². The molecule has 2 N–H and O–H groups in total. The Balaban J connectivity index is 1.58. The molecule has 0 amide bonds. The summed E-state index contributed by atoms with van der Waals surface area (Å²) in [4.78, 5) is 0. The average Bonchev–Trinajstić information content (AvgIpc) is 2.57. The molecular formula is C19H17NO2. The molecule has 0 fully saturated rings. The van der Waals surface area contributed by atoms with Gasteiger partial charge in [0.25, 0.3) is 0 Å². The zero-order valence-electron chi connectivity index (χ0n) is 12.1. The number of para-hydroxylation sites is 1. The van der Waals surface area contributed by atoms with Crippen molar-refractivity contribution >= 4 is 5.69 Å². The number of benzene rings is 3. The van der Waals surface area contributed by atoms with Gasteiger partial charge in [-0.15, -0.1) is 0 Å². The third-order valence-electron chi connectivity index (χ3n) is 3.19. The highest BCUT2D eigenvalue weighted by Crippen LogP contribution is 2.24. The summed E-state index contributed by atoms with van der Waals surface area (Å²) in [6, 6.07) is 24.9. The third kappa shape index (κ3) is 3.79. The minimum Gasteiger partial charge on any atom is -0.489 e. The van der Waals surface area contributed by atoms with Crippen molar-refractivity contribution in [2.75, 3.05) is 5.73 Å². The molecule has 0 saturated heterocycles. The highest BCUT2D eigenvalue weighted by molar-refractivity contribution is 5.39. The first kappa shape index (κ1) is 14.0. The lowest BCUT2D eigenvalue weighted by molar-refractivity contribution is 0.306. The molecule has 0 spiro atoms. The van der Waals surface area contributed by atoms with Crippen LogP contribution in [0.1, 0.15) is 5.56 Å². The van der Waals surface area contributed by atoms with E-state index < -0.39 is 0 Å². The van der Waals surface area contributed by atoms with Crippen molar-refractivity contribution in [1.29, 1.82) is 0 Å². The van der Waals surface area contributed by atoms with Crippen molar-refractivity contribution < 1.29 is 9.47 Å². The second-order valence-corrected chi connectivity index (χ2v) is 4.92. The summed E-state index contributed by atoms with van der Waals surface area (Å²) < 4.78 is 11.5. The first-order valence-electron chi connectivity index (χ1n) is 7.10. The van der Waals surface area contributed by atoms with Crippen LogP contribution in [0.25, 0.3) is 0 Å². The number of nitrogens with two attached hydrogens (primary N) is 1. The van der Waals surface area contributed by atoms with Crippen molar-refractivity contribution in [3.8, 4) is 17.2 Å². The van der Waals surface area contributed by atoms with Gasteiger partial charge in [0.2, 0.25) is 0 Å². The average molecular weight is 291 g/mol. The molecule has 0 aliphatic heterocycles. The lowest BCUT2D eigenvalue weighted by atomic mass is 10.2. The second-order valence-electron chi connectivity index (χ2n) is 4.92. The smallest absolute Gasteiger partial charge is 0.127 e. The zero-order valence-corrected chi connectivity index (χ0v) is 12.1. The van der Waals surface area contributed by atoms with Gasteiger partial charge in [-0.3, -0.25) is 0 Å². The van der Waals surface area contributed by atoms with E-state index in [-0.39, 0.29) is 0 Å². The molecule has 0 atom stereocenters. The van der Waals surface area contributed by atoms with Crippen molar-refractivity contribution in [1.82, 2.24) is 0 Å². The minimum atomic E-state index is 0.513. The Hall–Kier alpha value is -2.94. The van der Waals surface area contributed by atoms with E-state index in [2.05, 4.69) is 0 Å². The molecule has 0 aliphatic carbocycles. The van der Waals surface area contributed by atoms with Crippen LogP contribution in [0.5, 0.6) is 17.2 Å². The first-order chi connectivity index (χ1) is 10.8. The topological polar surface area (TPSA) is 44.5 Å². The Morgan fingerprint density at radius 2 is 1.23 bits per heavy atom. The maximum absolute atomic E-state index is 5.74. The molecular weight excluding hydrogens is 274 g/mol. The van der Waals surface area contributed by atoms with E-state index in [4.69, 9.17) is 15.2 Å². The summed E-state index contributed by atoms with van der Waals surface area (Å²) in [7, 11) is 0. The fraction of sp³-hybridized carbons (Fsp3) is 0.0526. The first-order valence-corrected chi connectivity index (χ1v) is 7.10. The summed E-state index contributed by atoms with van der Waals surface area (Å²) in [5.74, 6) is 2.40. The van der Waals surface area contributed by atoms with Gasteiger partial charge >= 0.3 is 0 Å². The lowest BCUT2D eigenvalue weighted by Crippen LogP contribution is -1.95.